The van der Waals surface area contributed by atoms with E-state index in [-0.39, 0.29) is 18.4 Å². The zero-order valence-electron chi connectivity index (χ0n) is 12.3. The summed E-state index contributed by atoms with van der Waals surface area (Å²) in [4.78, 5) is 27.3. The highest BCUT2D eigenvalue weighted by molar-refractivity contribution is 5.98. The normalized spacial score (nSPS) is 21.1. The first-order valence-corrected chi connectivity index (χ1v) is 7.17. The van der Waals surface area contributed by atoms with E-state index in [1.807, 2.05) is 0 Å². The van der Waals surface area contributed by atoms with Crippen molar-refractivity contribution in [2.75, 3.05) is 37.7 Å². The third-order valence-electron chi connectivity index (χ3n) is 3.84. The molecule has 1 unspecified atom stereocenters. The summed E-state index contributed by atoms with van der Waals surface area (Å²) in [6.45, 7) is 3.20. The fourth-order valence-corrected chi connectivity index (χ4v) is 2.68. The van der Waals surface area contributed by atoms with Crippen LogP contribution < -0.4 is 9.64 Å². The average Bonchev–Trinajstić information content (AvgIpc) is 2.53. The average molecular weight is 308 g/mol. The highest BCUT2D eigenvalue weighted by atomic mass is 19.1. The van der Waals surface area contributed by atoms with Gasteiger partial charge in [0, 0.05) is 19.5 Å². The standard InChI is InChI=1S/C15H17FN2O4/c1-10(19)17-4-6-22-14(9-17)15(20)18-5-7-21-13-8-11(16)2-3-12(13)18/h2-3,8,14H,4-7,9H2,1H3. The smallest absolute Gasteiger partial charge is 0.258 e. The number of anilines is 1. The number of morpholine rings is 1. The van der Waals surface area contributed by atoms with E-state index in [0.29, 0.717) is 37.7 Å². The lowest BCUT2D eigenvalue weighted by atomic mass is 10.1. The van der Waals surface area contributed by atoms with E-state index in [9.17, 15) is 14.0 Å². The van der Waals surface area contributed by atoms with Crippen LogP contribution >= 0.6 is 0 Å². The van der Waals surface area contributed by atoms with Gasteiger partial charge in [-0.15, -0.1) is 0 Å². The molecule has 0 radical (unpaired) electrons. The van der Waals surface area contributed by atoms with Crippen LogP contribution in [-0.2, 0) is 14.3 Å². The molecule has 0 N–H and O–H groups in total. The van der Waals surface area contributed by atoms with Gasteiger partial charge in [0.05, 0.1) is 25.4 Å². The quantitative estimate of drug-likeness (QED) is 0.770. The van der Waals surface area contributed by atoms with Crippen LogP contribution in [0, 0.1) is 5.82 Å². The number of hydrogen-bond donors (Lipinski definition) is 0. The second-order valence-electron chi connectivity index (χ2n) is 5.27. The Morgan fingerprint density at radius 2 is 2.09 bits per heavy atom. The molecule has 2 amide bonds. The van der Waals surface area contributed by atoms with E-state index >= 15 is 0 Å². The Kier molecular flexibility index (Phi) is 3.98. The fourth-order valence-electron chi connectivity index (χ4n) is 2.68. The number of ether oxygens (including phenoxy) is 2. The molecule has 118 valence electrons. The van der Waals surface area contributed by atoms with Crippen molar-refractivity contribution in [2.24, 2.45) is 0 Å². The molecule has 1 aromatic carbocycles. The second kappa shape index (κ2) is 5.92. The van der Waals surface area contributed by atoms with E-state index in [1.165, 1.54) is 30.0 Å². The number of carbonyl (C=O) groups is 2. The van der Waals surface area contributed by atoms with E-state index < -0.39 is 11.9 Å². The molecule has 1 aromatic rings. The van der Waals surface area contributed by atoms with Crippen molar-refractivity contribution in [3.8, 4) is 5.75 Å². The SMILES string of the molecule is CC(=O)N1CCOC(C(=O)N2CCOc3cc(F)ccc32)C1. The molecule has 0 spiro atoms. The monoisotopic (exact) mass is 308 g/mol. The number of amides is 2. The minimum atomic E-state index is -0.700. The fraction of sp³-hybridized carbons (Fsp3) is 0.467. The molecule has 2 aliphatic heterocycles. The summed E-state index contributed by atoms with van der Waals surface area (Å²) >= 11 is 0. The topological polar surface area (TPSA) is 59.1 Å². The summed E-state index contributed by atoms with van der Waals surface area (Å²) in [6, 6.07) is 4.07. The van der Waals surface area contributed by atoms with Crippen molar-refractivity contribution in [2.45, 2.75) is 13.0 Å². The van der Waals surface area contributed by atoms with Crippen LogP contribution in [0.4, 0.5) is 10.1 Å². The Morgan fingerprint density at radius 3 is 2.86 bits per heavy atom. The lowest BCUT2D eigenvalue weighted by Crippen LogP contribution is -2.53. The molecule has 7 heteroatoms. The van der Waals surface area contributed by atoms with Gasteiger partial charge in [-0.2, -0.15) is 0 Å². The number of halogens is 1. The first kappa shape index (κ1) is 14.8. The van der Waals surface area contributed by atoms with Gasteiger partial charge in [0.2, 0.25) is 5.91 Å². The molecule has 1 atom stereocenters. The number of nitrogens with zero attached hydrogens (tertiary/aromatic N) is 2. The summed E-state index contributed by atoms with van der Waals surface area (Å²) < 4.78 is 24.2. The van der Waals surface area contributed by atoms with Gasteiger partial charge in [-0.3, -0.25) is 9.59 Å². The van der Waals surface area contributed by atoms with Gasteiger partial charge in [0.1, 0.15) is 18.2 Å². The number of fused-ring (bicyclic) bond motifs is 1. The maximum Gasteiger partial charge on any atom is 0.258 e. The van der Waals surface area contributed by atoms with Gasteiger partial charge in [-0.1, -0.05) is 0 Å². The highest BCUT2D eigenvalue weighted by Crippen LogP contribution is 2.32. The predicted octanol–water partition coefficient (Wildman–Crippen LogP) is 0.798. The van der Waals surface area contributed by atoms with Crippen molar-refractivity contribution < 1.29 is 23.5 Å². The zero-order chi connectivity index (χ0) is 15.7. The Balaban J connectivity index is 1.80. The van der Waals surface area contributed by atoms with Crippen LogP contribution in [0.2, 0.25) is 0 Å². The van der Waals surface area contributed by atoms with Crippen molar-refractivity contribution in [3.05, 3.63) is 24.0 Å². The minimum Gasteiger partial charge on any atom is -0.489 e. The molecule has 0 aromatic heterocycles. The maximum atomic E-state index is 13.3. The van der Waals surface area contributed by atoms with Crippen molar-refractivity contribution in [1.29, 1.82) is 0 Å². The lowest BCUT2D eigenvalue weighted by Gasteiger charge is -2.36. The Hall–Kier alpha value is -2.15. The maximum absolute atomic E-state index is 13.3. The van der Waals surface area contributed by atoms with Crippen LogP contribution in [-0.4, -0.2) is 55.7 Å². The van der Waals surface area contributed by atoms with Crippen LogP contribution in [0.1, 0.15) is 6.92 Å². The third kappa shape index (κ3) is 2.76. The molecule has 2 heterocycles. The van der Waals surface area contributed by atoms with E-state index in [4.69, 9.17) is 9.47 Å². The molecular formula is C15H17FN2O4. The number of hydrogen-bond acceptors (Lipinski definition) is 4. The number of benzene rings is 1. The van der Waals surface area contributed by atoms with Crippen LogP contribution in [0.25, 0.3) is 0 Å². The van der Waals surface area contributed by atoms with E-state index in [0.717, 1.165) is 0 Å². The minimum absolute atomic E-state index is 0.0782. The molecule has 1 saturated heterocycles. The molecule has 3 rings (SSSR count). The van der Waals surface area contributed by atoms with Gasteiger partial charge >= 0.3 is 0 Å². The van der Waals surface area contributed by atoms with E-state index in [1.54, 1.807) is 4.90 Å². The second-order valence-corrected chi connectivity index (χ2v) is 5.27. The first-order chi connectivity index (χ1) is 10.6. The van der Waals surface area contributed by atoms with Crippen molar-refractivity contribution >= 4 is 17.5 Å². The Morgan fingerprint density at radius 1 is 1.27 bits per heavy atom. The van der Waals surface area contributed by atoms with E-state index in [2.05, 4.69) is 0 Å². The largest absolute Gasteiger partial charge is 0.489 e. The molecule has 1 fully saturated rings. The molecule has 0 aliphatic carbocycles. The van der Waals surface area contributed by atoms with Crippen LogP contribution in [0.15, 0.2) is 18.2 Å². The molecular weight excluding hydrogens is 291 g/mol. The Labute approximate surface area is 127 Å². The van der Waals surface area contributed by atoms with Crippen molar-refractivity contribution in [1.82, 2.24) is 4.90 Å². The Bertz CT molecular complexity index is 607. The van der Waals surface area contributed by atoms with Crippen molar-refractivity contribution in [3.63, 3.8) is 0 Å². The third-order valence-corrected chi connectivity index (χ3v) is 3.84. The molecule has 0 saturated carbocycles. The molecule has 6 nitrogen and oxygen atoms in total. The zero-order valence-corrected chi connectivity index (χ0v) is 12.3. The lowest BCUT2D eigenvalue weighted by molar-refractivity contribution is -0.144. The summed E-state index contributed by atoms with van der Waals surface area (Å²) in [5, 5.41) is 0. The number of carbonyl (C=O) groups excluding carboxylic acids is 2. The first-order valence-electron chi connectivity index (χ1n) is 7.17. The van der Waals surface area contributed by atoms with Gasteiger partial charge < -0.3 is 19.3 Å². The van der Waals surface area contributed by atoms with Gasteiger partial charge in [0.25, 0.3) is 5.91 Å². The summed E-state index contributed by atoms with van der Waals surface area (Å²) in [5.41, 5.74) is 0.529. The molecule has 0 bridgehead atoms. The summed E-state index contributed by atoms with van der Waals surface area (Å²) in [6.07, 6.45) is -0.700. The van der Waals surface area contributed by atoms with Gasteiger partial charge in [-0.25, -0.2) is 4.39 Å². The van der Waals surface area contributed by atoms with Crippen LogP contribution in [0.5, 0.6) is 5.75 Å². The molecule has 22 heavy (non-hydrogen) atoms. The summed E-state index contributed by atoms with van der Waals surface area (Å²) in [7, 11) is 0. The van der Waals surface area contributed by atoms with Crippen LogP contribution in [0.3, 0.4) is 0 Å². The predicted molar refractivity (Wildman–Crippen MR) is 76.2 cm³/mol. The number of rotatable bonds is 1. The highest BCUT2D eigenvalue weighted by Gasteiger charge is 2.34. The molecule has 2 aliphatic rings. The van der Waals surface area contributed by atoms with Gasteiger partial charge in [0.15, 0.2) is 6.10 Å². The summed E-state index contributed by atoms with van der Waals surface area (Å²) in [5.74, 6) is -0.379. The van der Waals surface area contributed by atoms with Gasteiger partial charge in [-0.05, 0) is 12.1 Å².